The molecule has 0 saturated carbocycles. The molecule has 0 bridgehead atoms. The minimum atomic E-state index is -3.42. The Morgan fingerprint density at radius 1 is 1.21 bits per heavy atom. The number of rotatable bonds is 12. The van der Waals surface area contributed by atoms with Crippen LogP contribution in [0.3, 0.4) is 0 Å². The molecule has 1 fully saturated rings. The van der Waals surface area contributed by atoms with E-state index in [9.17, 15) is 23.5 Å². The van der Waals surface area contributed by atoms with Crippen LogP contribution in [0, 0.1) is 5.92 Å². The second kappa shape index (κ2) is 11.7. The van der Waals surface area contributed by atoms with E-state index in [1.54, 1.807) is 6.07 Å². The zero-order valence-electron chi connectivity index (χ0n) is 19.2. The molecule has 1 aromatic carbocycles. The molecule has 5 nitrogen and oxygen atoms in total. The van der Waals surface area contributed by atoms with E-state index >= 15 is 0 Å². The third-order valence-corrected chi connectivity index (χ3v) is 7.35. The van der Waals surface area contributed by atoms with E-state index < -0.39 is 36.4 Å². The summed E-state index contributed by atoms with van der Waals surface area (Å²) >= 11 is 1.15. The Morgan fingerprint density at radius 2 is 1.94 bits per heavy atom. The van der Waals surface area contributed by atoms with Gasteiger partial charge in [0.2, 0.25) is 0 Å². The number of aromatic carboxylic acids is 1. The van der Waals surface area contributed by atoms with Crippen LogP contribution in [0.5, 0.6) is 0 Å². The van der Waals surface area contributed by atoms with Crippen LogP contribution in [0.2, 0.25) is 0 Å². The van der Waals surface area contributed by atoms with E-state index in [4.69, 9.17) is 5.11 Å². The molecule has 1 unspecified atom stereocenters. The Balaban J connectivity index is 1.51. The van der Waals surface area contributed by atoms with Gasteiger partial charge in [0.15, 0.2) is 0 Å². The largest absolute Gasteiger partial charge is 0.477 e. The molecule has 1 aliphatic rings. The molecule has 0 radical (unpaired) electrons. The molecular formula is C26H31F2NO4S. The first-order chi connectivity index (χ1) is 16.2. The summed E-state index contributed by atoms with van der Waals surface area (Å²) in [6.07, 6.45) is 5.27. The number of carbonyl (C=O) groups excluding carboxylic acids is 1. The van der Waals surface area contributed by atoms with Crippen molar-refractivity contribution in [2.24, 2.45) is 5.92 Å². The lowest BCUT2D eigenvalue weighted by molar-refractivity contribution is -0.148. The van der Waals surface area contributed by atoms with Gasteiger partial charge in [-0.2, -0.15) is 8.78 Å². The number of hydrogen-bond acceptors (Lipinski definition) is 4. The number of hydrogen-bond donors (Lipinski definition) is 2. The third kappa shape index (κ3) is 6.96. The lowest BCUT2D eigenvalue weighted by Crippen LogP contribution is -2.36. The highest BCUT2D eigenvalue weighted by molar-refractivity contribution is 7.13. The zero-order chi connectivity index (χ0) is 24.7. The third-order valence-electron chi connectivity index (χ3n) is 6.22. The van der Waals surface area contributed by atoms with Crippen LogP contribution in [-0.2, 0) is 17.6 Å². The van der Waals surface area contributed by atoms with E-state index in [0.717, 1.165) is 35.5 Å². The zero-order valence-corrected chi connectivity index (χ0v) is 20.0. The van der Waals surface area contributed by atoms with Gasteiger partial charge in [-0.1, -0.05) is 49.4 Å². The lowest BCUT2D eigenvalue weighted by Gasteiger charge is -2.22. The van der Waals surface area contributed by atoms with Crippen molar-refractivity contribution in [3.05, 3.63) is 69.9 Å². The number of carboxylic acids is 1. The van der Waals surface area contributed by atoms with E-state index in [0.29, 0.717) is 12.8 Å². The molecule has 0 spiro atoms. The summed E-state index contributed by atoms with van der Waals surface area (Å²) in [4.78, 5) is 25.5. The van der Waals surface area contributed by atoms with Crippen molar-refractivity contribution < 1.29 is 28.6 Å². The fourth-order valence-electron chi connectivity index (χ4n) is 4.19. The summed E-state index contributed by atoms with van der Waals surface area (Å²) in [6.45, 7) is 2.07. The predicted octanol–water partition coefficient (Wildman–Crippen LogP) is 5.19. The second-order valence-corrected chi connectivity index (χ2v) is 10.0. The van der Waals surface area contributed by atoms with Crippen molar-refractivity contribution in [3.63, 3.8) is 0 Å². The van der Waals surface area contributed by atoms with Crippen LogP contribution in [0.15, 0.2) is 54.6 Å². The van der Waals surface area contributed by atoms with Gasteiger partial charge < -0.3 is 15.1 Å². The van der Waals surface area contributed by atoms with Crippen LogP contribution in [0.4, 0.5) is 8.78 Å². The maximum atomic E-state index is 14.1. The van der Waals surface area contributed by atoms with Crippen molar-refractivity contribution in [3.8, 4) is 0 Å². The van der Waals surface area contributed by atoms with Gasteiger partial charge in [0, 0.05) is 17.8 Å². The molecule has 8 heteroatoms. The quantitative estimate of drug-likeness (QED) is 0.401. The lowest BCUT2D eigenvalue weighted by atomic mass is 9.95. The van der Waals surface area contributed by atoms with Crippen molar-refractivity contribution in [2.75, 3.05) is 6.54 Å². The molecule has 2 N–H and O–H groups in total. The number of amides is 1. The van der Waals surface area contributed by atoms with Crippen LogP contribution < -0.4 is 0 Å². The number of aryl methyl sites for hydroxylation is 2. The highest BCUT2D eigenvalue weighted by atomic mass is 32.1. The van der Waals surface area contributed by atoms with E-state index in [2.05, 4.69) is 12.1 Å². The topological polar surface area (TPSA) is 77.8 Å². The van der Waals surface area contributed by atoms with Gasteiger partial charge >= 0.3 is 11.9 Å². The van der Waals surface area contributed by atoms with E-state index in [-0.39, 0.29) is 17.3 Å². The van der Waals surface area contributed by atoms with Crippen LogP contribution >= 0.6 is 11.3 Å². The molecular weight excluding hydrogens is 460 g/mol. The molecule has 34 heavy (non-hydrogen) atoms. The fraction of sp³-hybridized carbons (Fsp3) is 0.462. The number of halogens is 2. The van der Waals surface area contributed by atoms with Crippen molar-refractivity contribution >= 4 is 23.2 Å². The van der Waals surface area contributed by atoms with E-state index in [1.165, 1.54) is 28.7 Å². The maximum absolute atomic E-state index is 14.1. The first-order valence-electron chi connectivity index (χ1n) is 11.6. The van der Waals surface area contributed by atoms with Crippen LogP contribution in [0.25, 0.3) is 0 Å². The summed E-state index contributed by atoms with van der Waals surface area (Å²) in [5, 5.41) is 19.5. The Kier molecular flexibility index (Phi) is 8.97. The molecule has 3 rings (SSSR count). The Bertz CT molecular complexity index is 992. The predicted molar refractivity (Wildman–Crippen MR) is 128 cm³/mol. The van der Waals surface area contributed by atoms with Crippen LogP contribution in [-0.4, -0.2) is 51.6 Å². The van der Waals surface area contributed by atoms with Gasteiger partial charge in [-0.3, -0.25) is 4.79 Å². The van der Waals surface area contributed by atoms with Crippen molar-refractivity contribution in [2.45, 2.75) is 63.5 Å². The first-order valence-corrected chi connectivity index (χ1v) is 12.4. The number of aliphatic hydroxyl groups is 1. The van der Waals surface area contributed by atoms with Gasteiger partial charge in [0.1, 0.15) is 4.88 Å². The van der Waals surface area contributed by atoms with Gasteiger partial charge in [-0.15, -0.1) is 11.3 Å². The smallest absolute Gasteiger partial charge is 0.345 e. The molecule has 3 atom stereocenters. The summed E-state index contributed by atoms with van der Waals surface area (Å²) in [7, 11) is 0. The molecule has 1 aromatic heterocycles. The minimum absolute atomic E-state index is 0.0340. The molecule has 1 saturated heterocycles. The number of nitrogens with zero attached hydrogens (tertiary/aromatic N) is 1. The fourth-order valence-corrected chi connectivity index (χ4v) is 5.07. The van der Waals surface area contributed by atoms with Gasteiger partial charge in [0.05, 0.1) is 12.1 Å². The SMILES string of the molecule is C[C@H](CCCc1ccccc1)[C@@H](O)/C=C/C1CC(F)(F)C(=O)N1CCCc1ccc(C(=O)O)s1. The molecule has 0 aliphatic carbocycles. The maximum Gasteiger partial charge on any atom is 0.345 e. The summed E-state index contributed by atoms with van der Waals surface area (Å²) in [5.74, 6) is -5.64. The highest BCUT2D eigenvalue weighted by Crippen LogP contribution is 2.34. The second-order valence-electron chi connectivity index (χ2n) is 8.88. The normalized spacial score (nSPS) is 19.6. The number of carboxylic acid groups (broad SMARTS) is 1. The van der Waals surface area contributed by atoms with Gasteiger partial charge in [-0.25, -0.2) is 4.79 Å². The number of alkyl halides is 2. The standard InChI is InChI=1S/C26H31F2NO4S/c1-18(7-5-10-19-8-3-2-4-9-19)22(30)14-12-20-17-26(27,28)25(33)29(20)16-6-11-21-13-15-23(34-21)24(31)32/h2-4,8-9,12-15,18,20,22,30H,5-7,10-11,16-17H2,1H3,(H,31,32)/b14-12+/t18-,20?,22+/m1/s1. The van der Waals surface area contributed by atoms with Gasteiger partial charge in [0.25, 0.3) is 5.91 Å². The average molecular weight is 492 g/mol. The van der Waals surface area contributed by atoms with Crippen molar-refractivity contribution in [1.29, 1.82) is 0 Å². The highest BCUT2D eigenvalue weighted by Gasteiger charge is 2.52. The molecule has 1 amide bonds. The van der Waals surface area contributed by atoms with Gasteiger partial charge in [-0.05, 0) is 55.7 Å². The number of carbonyl (C=O) groups is 2. The summed E-state index contributed by atoms with van der Waals surface area (Å²) < 4.78 is 28.3. The molecule has 1 aliphatic heterocycles. The summed E-state index contributed by atoms with van der Waals surface area (Å²) in [6, 6.07) is 12.5. The average Bonchev–Trinajstić information content (AvgIpc) is 3.36. The number of likely N-dealkylation sites (tertiary alicyclic amines) is 1. The van der Waals surface area contributed by atoms with Crippen molar-refractivity contribution in [1.82, 2.24) is 4.90 Å². The Morgan fingerprint density at radius 3 is 2.62 bits per heavy atom. The number of thiophene rings is 1. The Hall–Kier alpha value is -2.58. The Labute approximate surface area is 202 Å². The minimum Gasteiger partial charge on any atom is -0.477 e. The number of aliphatic hydroxyl groups excluding tert-OH is 1. The molecule has 184 valence electrons. The summed E-state index contributed by atoms with van der Waals surface area (Å²) in [5.41, 5.74) is 1.24. The molecule has 2 heterocycles. The van der Waals surface area contributed by atoms with E-state index in [1.807, 2.05) is 25.1 Å². The number of benzene rings is 1. The molecule has 2 aromatic rings. The van der Waals surface area contributed by atoms with Crippen LogP contribution in [0.1, 0.15) is 52.7 Å². The first kappa shape index (κ1) is 26.0. The monoisotopic (exact) mass is 491 g/mol.